The van der Waals surface area contributed by atoms with Crippen LogP contribution in [0.25, 0.3) is 0 Å². The first-order valence-corrected chi connectivity index (χ1v) is 13.7. The topological polar surface area (TPSA) is 38.7 Å². The van der Waals surface area contributed by atoms with E-state index < -0.39 is 5.60 Å². The molecule has 0 radical (unpaired) electrons. The summed E-state index contributed by atoms with van der Waals surface area (Å²) in [5, 5.41) is 10.6. The third-order valence-electron chi connectivity index (χ3n) is 9.18. The summed E-state index contributed by atoms with van der Waals surface area (Å²) < 4.78 is 12.7. The van der Waals surface area contributed by atoms with Gasteiger partial charge in [0.25, 0.3) is 0 Å². The van der Waals surface area contributed by atoms with E-state index in [-0.39, 0.29) is 23.7 Å². The molecule has 0 atom stereocenters. The molecule has 1 aliphatic heterocycles. The zero-order chi connectivity index (χ0) is 26.4. The van der Waals surface area contributed by atoms with E-state index in [4.69, 9.17) is 9.31 Å². The van der Waals surface area contributed by atoms with Gasteiger partial charge in [-0.15, -0.1) is 0 Å². The van der Waals surface area contributed by atoms with Crippen molar-refractivity contribution in [3.63, 3.8) is 0 Å². The van der Waals surface area contributed by atoms with Gasteiger partial charge in [0.1, 0.15) is 5.60 Å². The largest absolute Gasteiger partial charge is 0.495 e. The highest BCUT2D eigenvalue weighted by Crippen LogP contribution is 2.41. The monoisotopic (exact) mass is 486 g/mol. The lowest BCUT2D eigenvalue weighted by Crippen LogP contribution is -2.41. The Kier molecular flexibility index (Phi) is 7.26. The van der Waals surface area contributed by atoms with E-state index in [1.807, 2.05) is 0 Å². The molecule has 1 aliphatic carbocycles. The van der Waals surface area contributed by atoms with Gasteiger partial charge in [0.15, 0.2) is 0 Å². The number of hydrogen-bond acceptors (Lipinski definition) is 3. The van der Waals surface area contributed by atoms with E-state index in [1.165, 1.54) is 22.3 Å². The highest BCUT2D eigenvalue weighted by atomic mass is 16.7. The first-order chi connectivity index (χ1) is 16.9. The van der Waals surface area contributed by atoms with Crippen molar-refractivity contribution in [1.29, 1.82) is 0 Å². The summed E-state index contributed by atoms with van der Waals surface area (Å²) in [5.41, 5.74) is 5.51. The number of hydrogen-bond donors (Lipinski definition) is 1. The fourth-order valence-electron chi connectivity index (χ4n) is 5.81. The van der Waals surface area contributed by atoms with Crippen LogP contribution in [0.15, 0.2) is 36.4 Å². The van der Waals surface area contributed by atoms with E-state index in [2.05, 4.69) is 104 Å². The van der Waals surface area contributed by atoms with Gasteiger partial charge in [-0.05, 0) is 108 Å². The molecule has 4 heteroatoms. The van der Waals surface area contributed by atoms with Gasteiger partial charge in [-0.2, -0.15) is 0 Å². The maximum Gasteiger partial charge on any atom is 0.495 e. The minimum Gasteiger partial charge on any atom is -0.399 e. The maximum absolute atomic E-state index is 10.6. The van der Waals surface area contributed by atoms with E-state index in [9.17, 15) is 5.11 Å². The van der Waals surface area contributed by atoms with Crippen LogP contribution in [-0.2, 0) is 14.7 Å². The number of aryl methyl sites for hydroxylation is 2. The minimum absolute atomic E-state index is 0.0837. The molecule has 0 bridgehead atoms. The molecule has 192 valence electrons. The predicted octanol–water partition coefficient (Wildman–Crippen LogP) is 6.37. The zero-order valence-electron chi connectivity index (χ0n) is 23.5. The Morgan fingerprint density at radius 3 is 1.89 bits per heavy atom. The van der Waals surface area contributed by atoms with Crippen molar-refractivity contribution in [3.8, 4) is 11.8 Å². The van der Waals surface area contributed by atoms with Crippen LogP contribution in [0.2, 0.25) is 0 Å². The second-order valence-corrected chi connectivity index (χ2v) is 12.0. The van der Waals surface area contributed by atoms with E-state index in [1.54, 1.807) is 0 Å². The Labute approximate surface area is 219 Å². The number of rotatable bonds is 5. The summed E-state index contributed by atoms with van der Waals surface area (Å²) in [5.74, 6) is 6.45. The molecule has 1 N–H and O–H groups in total. The standard InChI is InChI=1S/C32H43BO3/c1-9-32(10-2,26-14-13-25(23(3)21-26)17-20-31(34)18-11-12-19-31)27-15-16-28(24(4)22-27)33-35-29(5,6)30(7,8)36-33/h13-16,21-22,34H,9-12,18-19H2,1-8H3. The minimum atomic E-state index is -0.807. The van der Waals surface area contributed by atoms with Crippen LogP contribution in [0.3, 0.4) is 0 Å². The molecular formula is C32H43BO3. The van der Waals surface area contributed by atoms with E-state index >= 15 is 0 Å². The van der Waals surface area contributed by atoms with Crippen LogP contribution in [0, 0.1) is 25.7 Å². The normalized spacial score (nSPS) is 20.3. The molecule has 1 heterocycles. The molecule has 0 amide bonds. The molecule has 2 aromatic carbocycles. The smallest absolute Gasteiger partial charge is 0.399 e. The molecule has 0 unspecified atom stereocenters. The second kappa shape index (κ2) is 9.68. The Morgan fingerprint density at radius 1 is 0.861 bits per heavy atom. The molecule has 1 saturated heterocycles. The summed E-state index contributed by atoms with van der Waals surface area (Å²) in [6.07, 6.45) is 5.70. The molecule has 2 aromatic rings. The van der Waals surface area contributed by atoms with Crippen molar-refractivity contribution in [3.05, 3.63) is 64.2 Å². The average Bonchev–Trinajstić information content (AvgIpc) is 3.34. The van der Waals surface area contributed by atoms with Gasteiger partial charge in [-0.3, -0.25) is 0 Å². The van der Waals surface area contributed by atoms with Gasteiger partial charge in [0, 0.05) is 11.0 Å². The Bertz CT molecular complexity index is 1160. The van der Waals surface area contributed by atoms with Crippen molar-refractivity contribution in [2.75, 3.05) is 0 Å². The van der Waals surface area contributed by atoms with Crippen molar-refractivity contribution in [2.24, 2.45) is 0 Å². The fraction of sp³-hybridized carbons (Fsp3) is 0.562. The van der Waals surface area contributed by atoms with Crippen molar-refractivity contribution >= 4 is 12.6 Å². The lowest BCUT2D eigenvalue weighted by Gasteiger charge is -2.34. The molecule has 0 spiro atoms. The summed E-state index contributed by atoms with van der Waals surface area (Å²) >= 11 is 0. The third-order valence-corrected chi connectivity index (χ3v) is 9.18. The Balaban J connectivity index is 1.66. The average molecular weight is 487 g/mol. The van der Waals surface area contributed by atoms with Crippen molar-refractivity contribution in [2.45, 2.75) is 116 Å². The highest BCUT2D eigenvalue weighted by molar-refractivity contribution is 6.62. The molecule has 1 saturated carbocycles. The molecule has 36 heavy (non-hydrogen) atoms. The Hall–Kier alpha value is -2.06. The summed E-state index contributed by atoms with van der Waals surface area (Å²) in [4.78, 5) is 0. The van der Waals surface area contributed by atoms with Crippen LogP contribution in [0.5, 0.6) is 0 Å². The molecule has 4 rings (SSSR count). The van der Waals surface area contributed by atoms with E-state index in [0.29, 0.717) is 0 Å². The number of aliphatic hydroxyl groups is 1. The van der Waals surface area contributed by atoms with Crippen molar-refractivity contribution < 1.29 is 14.4 Å². The second-order valence-electron chi connectivity index (χ2n) is 12.0. The lowest BCUT2D eigenvalue weighted by molar-refractivity contribution is 0.00578. The maximum atomic E-state index is 10.6. The molecular weight excluding hydrogens is 443 g/mol. The SMILES string of the molecule is CCC(CC)(c1ccc(C#CC2(O)CCCC2)c(C)c1)c1ccc(B2OC(C)(C)C(C)(C)O2)c(C)c1. The first-order valence-electron chi connectivity index (χ1n) is 13.7. The molecule has 0 aromatic heterocycles. The summed E-state index contributed by atoms with van der Waals surface area (Å²) in [6.45, 7) is 17.2. The summed E-state index contributed by atoms with van der Waals surface area (Å²) in [6, 6.07) is 13.5. The zero-order valence-corrected chi connectivity index (χ0v) is 23.5. The predicted molar refractivity (Wildman–Crippen MR) is 150 cm³/mol. The molecule has 2 aliphatic rings. The summed E-state index contributed by atoms with van der Waals surface area (Å²) in [7, 11) is -0.350. The van der Waals surface area contributed by atoms with Gasteiger partial charge < -0.3 is 14.4 Å². The van der Waals surface area contributed by atoms with Crippen LogP contribution in [0.4, 0.5) is 0 Å². The molecule has 2 fully saturated rings. The lowest BCUT2D eigenvalue weighted by atomic mass is 9.68. The van der Waals surface area contributed by atoms with Gasteiger partial charge >= 0.3 is 7.12 Å². The van der Waals surface area contributed by atoms with E-state index in [0.717, 1.165) is 49.6 Å². The van der Waals surface area contributed by atoms with Crippen LogP contribution in [-0.4, -0.2) is 29.0 Å². The molecule has 3 nitrogen and oxygen atoms in total. The van der Waals surface area contributed by atoms with Crippen molar-refractivity contribution in [1.82, 2.24) is 0 Å². The van der Waals surface area contributed by atoms with Crippen LogP contribution >= 0.6 is 0 Å². The Morgan fingerprint density at radius 2 is 1.39 bits per heavy atom. The van der Waals surface area contributed by atoms with Gasteiger partial charge in [0.2, 0.25) is 0 Å². The quantitative estimate of drug-likeness (QED) is 0.395. The first kappa shape index (κ1) is 27.0. The number of benzene rings is 2. The van der Waals surface area contributed by atoms with Crippen LogP contribution < -0.4 is 5.46 Å². The van der Waals surface area contributed by atoms with Gasteiger partial charge in [-0.25, -0.2) is 0 Å². The van der Waals surface area contributed by atoms with Crippen LogP contribution in [0.1, 0.15) is 108 Å². The highest BCUT2D eigenvalue weighted by Gasteiger charge is 2.52. The van der Waals surface area contributed by atoms with Gasteiger partial charge in [-0.1, -0.05) is 61.6 Å². The fourth-order valence-corrected chi connectivity index (χ4v) is 5.81. The third kappa shape index (κ3) is 4.79. The van der Waals surface area contributed by atoms with Gasteiger partial charge in [0.05, 0.1) is 11.2 Å².